The molecule has 0 saturated heterocycles. The Balaban J connectivity index is 1.40. The monoisotopic (exact) mass is 453 g/mol. The van der Waals surface area contributed by atoms with Crippen LogP contribution in [-0.4, -0.2) is 14.6 Å². The van der Waals surface area contributed by atoms with E-state index in [1.54, 1.807) is 6.08 Å². The van der Waals surface area contributed by atoms with Crippen molar-refractivity contribution in [3.63, 3.8) is 0 Å². The molecule has 2 aromatic heterocycles. The number of hydrogen-bond acceptors (Lipinski definition) is 6. The summed E-state index contributed by atoms with van der Waals surface area (Å²) in [4.78, 5) is 29.7. The van der Waals surface area contributed by atoms with Gasteiger partial charge in [-0.25, -0.2) is 0 Å². The summed E-state index contributed by atoms with van der Waals surface area (Å²) in [6.45, 7) is 0.488. The fourth-order valence-corrected chi connectivity index (χ4v) is 4.30. The van der Waals surface area contributed by atoms with Crippen molar-refractivity contribution in [2.24, 2.45) is 0 Å². The average Bonchev–Trinajstić information content (AvgIpc) is 3.14. The standard InChI is InChI=1S/C26H19N3O3S/c30-24-22(15-18-7-3-1-4-8-18)28-29-25(31)23(33-26(29)27-24)16-19-11-13-21(14-12-19)32-17-20-9-5-2-6-10-20/h1-14,16H,15,17H2/b23-16+. The molecule has 0 bridgehead atoms. The molecule has 0 radical (unpaired) electrons. The van der Waals surface area contributed by atoms with Gasteiger partial charge < -0.3 is 4.74 Å². The molecule has 5 rings (SSSR count). The highest BCUT2D eigenvalue weighted by Gasteiger charge is 2.11. The Kier molecular flexibility index (Phi) is 5.78. The van der Waals surface area contributed by atoms with E-state index in [4.69, 9.17) is 4.74 Å². The number of hydrogen-bond donors (Lipinski definition) is 0. The van der Waals surface area contributed by atoms with Gasteiger partial charge in [-0.05, 0) is 34.9 Å². The third kappa shape index (κ3) is 4.73. The molecule has 0 aliphatic rings. The summed E-state index contributed by atoms with van der Waals surface area (Å²) in [6.07, 6.45) is 2.10. The van der Waals surface area contributed by atoms with E-state index in [0.29, 0.717) is 17.6 Å². The molecule has 0 amide bonds. The van der Waals surface area contributed by atoms with Gasteiger partial charge in [-0.1, -0.05) is 84.1 Å². The van der Waals surface area contributed by atoms with Gasteiger partial charge in [0.2, 0.25) is 4.96 Å². The molecule has 2 heterocycles. The number of nitrogens with zero attached hydrogens (tertiary/aromatic N) is 3. The molecule has 0 N–H and O–H groups in total. The Morgan fingerprint density at radius 1 is 0.848 bits per heavy atom. The van der Waals surface area contributed by atoms with Crippen LogP contribution >= 0.6 is 11.3 Å². The molecule has 0 unspecified atom stereocenters. The van der Waals surface area contributed by atoms with Gasteiger partial charge in [0.25, 0.3) is 11.1 Å². The van der Waals surface area contributed by atoms with Crippen LogP contribution in [0.2, 0.25) is 0 Å². The summed E-state index contributed by atoms with van der Waals surface area (Å²) in [5.74, 6) is 0.744. The minimum atomic E-state index is -0.411. The van der Waals surface area contributed by atoms with Crippen molar-refractivity contribution >= 4 is 22.4 Å². The van der Waals surface area contributed by atoms with Crippen LogP contribution in [0, 0.1) is 0 Å². The predicted octanol–water partition coefficient (Wildman–Crippen LogP) is 3.23. The fourth-order valence-electron chi connectivity index (χ4n) is 3.39. The van der Waals surface area contributed by atoms with Crippen LogP contribution in [0.3, 0.4) is 0 Å². The van der Waals surface area contributed by atoms with Crippen molar-refractivity contribution in [3.05, 3.63) is 133 Å². The van der Waals surface area contributed by atoms with Crippen LogP contribution in [0.5, 0.6) is 5.75 Å². The molecule has 5 aromatic rings. The summed E-state index contributed by atoms with van der Waals surface area (Å²) >= 11 is 1.15. The lowest BCUT2D eigenvalue weighted by Crippen LogP contribution is -2.28. The molecule has 0 aliphatic carbocycles. The minimum absolute atomic E-state index is 0.250. The summed E-state index contributed by atoms with van der Waals surface area (Å²) in [5, 5.41) is 4.30. The van der Waals surface area contributed by atoms with Gasteiger partial charge in [-0.2, -0.15) is 14.6 Å². The summed E-state index contributed by atoms with van der Waals surface area (Å²) in [6, 6.07) is 27.0. The van der Waals surface area contributed by atoms with E-state index >= 15 is 0 Å². The van der Waals surface area contributed by atoms with E-state index in [0.717, 1.165) is 33.8 Å². The van der Waals surface area contributed by atoms with Gasteiger partial charge in [0, 0.05) is 6.42 Å². The number of benzene rings is 3. The molecular formula is C26H19N3O3S. The zero-order chi connectivity index (χ0) is 22.6. The zero-order valence-electron chi connectivity index (χ0n) is 17.5. The molecule has 3 aromatic carbocycles. The predicted molar refractivity (Wildman–Crippen MR) is 129 cm³/mol. The Morgan fingerprint density at radius 2 is 1.52 bits per heavy atom. The van der Waals surface area contributed by atoms with Crippen LogP contribution in [0.15, 0.2) is 94.5 Å². The maximum atomic E-state index is 12.9. The molecule has 6 nitrogen and oxygen atoms in total. The van der Waals surface area contributed by atoms with Crippen molar-refractivity contribution in [1.29, 1.82) is 0 Å². The second kappa shape index (κ2) is 9.18. The van der Waals surface area contributed by atoms with Gasteiger partial charge in [-0.3, -0.25) is 9.59 Å². The van der Waals surface area contributed by atoms with Crippen molar-refractivity contribution in [1.82, 2.24) is 14.6 Å². The average molecular weight is 454 g/mol. The number of fused-ring (bicyclic) bond motifs is 1. The number of aromatic nitrogens is 3. The van der Waals surface area contributed by atoms with Crippen LogP contribution in [0.4, 0.5) is 0 Å². The SMILES string of the molecule is O=c1nc2s/c(=C/c3ccc(OCc4ccccc4)cc3)c(=O)n2nc1Cc1ccccc1. The molecule has 0 spiro atoms. The third-order valence-corrected chi connectivity index (χ3v) is 6.05. The van der Waals surface area contributed by atoms with Gasteiger partial charge in [0.1, 0.15) is 18.1 Å². The topological polar surface area (TPSA) is 73.6 Å². The molecule has 33 heavy (non-hydrogen) atoms. The van der Waals surface area contributed by atoms with E-state index in [2.05, 4.69) is 10.1 Å². The first-order valence-corrected chi connectivity index (χ1v) is 11.2. The van der Waals surface area contributed by atoms with E-state index in [1.807, 2.05) is 84.9 Å². The Hall–Kier alpha value is -4.10. The highest BCUT2D eigenvalue weighted by atomic mass is 32.1. The number of ether oxygens (including phenoxy) is 1. The second-order valence-electron chi connectivity index (χ2n) is 7.48. The maximum Gasteiger partial charge on any atom is 0.296 e. The lowest BCUT2D eigenvalue weighted by Gasteiger charge is -2.06. The summed E-state index contributed by atoms with van der Waals surface area (Å²) in [5.41, 5.74) is 2.43. The highest BCUT2D eigenvalue weighted by Crippen LogP contribution is 2.15. The summed E-state index contributed by atoms with van der Waals surface area (Å²) in [7, 11) is 0. The number of rotatable bonds is 6. The lowest BCUT2D eigenvalue weighted by molar-refractivity contribution is 0.306. The van der Waals surface area contributed by atoms with Gasteiger partial charge in [-0.15, -0.1) is 0 Å². The molecule has 0 fully saturated rings. The van der Waals surface area contributed by atoms with E-state index in [9.17, 15) is 9.59 Å². The molecule has 0 saturated carbocycles. The largest absolute Gasteiger partial charge is 0.489 e. The van der Waals surface area contributed by atoms with E-state index in [1.165, 1.54) is 4.52 Å². The highest BCUT2D eigenvalue weighted by molar-refractivity contribution is 7.15. The minimum Gasteiger partial charge on any atom is -0.489 e. The summed E-state index contributed by atoms with van der Waals surface area (Å²) < 4.78 is 7.49. The van der Waals surface area contributed by atoms with E-state index < -0.39 is 5.56 Å². The molecular weight excluding hydrogens is 434 g/mol. The van der Waals surface area contributed by atoms with Crippen molar-refractivity contribution < 1.29 is 4.74 Å². The van der Waals surface area contributed by atoms with Gasteiger partial charge in [0.05, 0.1) is 4.53 Å². The molecule has 0 atom stereocenters. The van der Waals surface area contributed by atoms with E-state index in [-0.39, 0.29) is 16.2 Å². The number of thiazole rings is 1. The molecule has 0 aliphatic heterocycles. The van der Waals surface area contributed by atoms with Crippen LogP contribution < -0.4 is 20.4 Å². The van der Waals surface area contributed by atoms with Crippen LogP contribution in [0.1, 0.15) is 22.4 Å². The third-order valence-electron chi connectivity index (χ3n) is 5.09. The van der Waals surface area contributed by atoms with Gasteiger partial charge >= 0.3 is 0 Å². The smallest absolute Gasteiger partial charge is 0.296 e. The zero-order valence-corrected chi connectivity index (χ0v) is 18.4. The molecule has 7 heteroatoms. The lowest BCUT2D eigenvalue weighted by atomic mass is 10.1. The normalized spacial score (nSPS) is 11.7. The van der Waals surface area contributed by atoms with Gasteiger partial charge in [0.15, 0.2) is 0 Å². The molecule has 162 valence electrons. The van der Waals surface area contributed by atoms with Crippen molar-refractivity contribution in [2.75, 3.05) is 0 Å². The Bertz CT molecular complexity index is 1560. The van der Waals surface area contributed by atoms with Crippen molar-refractivity contribution in [3.8, 4) is 5.75 Å². The quantitative estimate of drug-likeness (QED) is 0.395. The van der Waals surface area contributed by atoms with Crippen molar-refractivity contribution in [2.45, 2.75) is 13.0 Å². The Labute approximate surface area is 193 Å². The first-order valence-electron chi connectivity index (χ1n) is 10.4. The van der Waals surface area contributed by atoms with Crippen LogP contribution in [0.25, 0.3) is 11.0 Å². The first kappa shape index (κ1) is 20.8. The maximum absolute atomic E-state index is 12.9. The second-order valence-corrected chi connectivity index (χ2v) is 8.49. The van der Waals surface area contributed by atoms with Crippen LogP contribution in [-0.2, 0) is 13.0 Å². The first-order chi connectivity index (χ1) is 16.2. The fraction of sp³-hybridized carbons (Fsp3) is 0.0769. The Morgan fingerprint density at radius 3 is 2.21 bits per heavy atom.